The van der Waals surface area contributed by atoms with Gasteiger partial charge < -0.3 is 19.8 Å². The second kappa shape index (κ2) is 13.4. The first-order chi connectivity index (χ1) is 17.2. The van der Waals surface area contributed by atoms with Gasteiger partial charge in [-0.2, -0.15) is 26.3 Å². The average Bonchev–Trinajstić information content (AvgIpc) is 3.52. The standard InChI is InChI=1S/C17H25N3O2S.2C2HF3O2/c21-17-12-16-15(3-4-19(16)13-14-2-1-11-23-14)20(17)6-5-18-7-9-22-10-8-18;2*3-2(4,5)1(6)7/h1-2,11,15-16H,3-10,12-13H2;2*(H,6,7)/t15-,16+;;/m1../s1. The Morgan fingerprint density at radius 3 is 2.03 bits per heavy atom. The SMILES string of the molecule is O=C(O)C(F)(F)F.O=C(O)C(F)(F)F.O=C1C[C@H]2[C@@H](CCN2Cc2cccs2)N1CCN1CCOCC1. The van der Waals surface area contributed by atoms with Gasteiger partial charge in [0, 0.05) is 62.7 Å². The van der Waals surface area contributed by atoms with Crippen LogP contribution in [0.4, 0.5) is 26.3 Å². The molecule has 1 amide bonds. The van der Waals surface area contributed by atoms with Crippen molar-refractivity contribution in [1.82, 2.24) is 14.7 Å². The summed E-state index contributed by atoms with van der Waals surface area (Å²) in [7, 11) is 0. The van der Waals surface area contributed by atoms with Gasteiger partial charge in [0.2, 0.25) is 5.91 Å². The summed E-state index contributed by atoms with van der Waals surface area (Å²) in [4.78, 5) is 38.8. The number of amides is 1. The van der Waals surface area contributed by atoms with Crippen molar-refractivity contribution in [2.24, 2.45) is 0 Å². The third kappa shape index (κ3) is 9.75. The van der Waals surface area contributed by atoms with Crippen LogP contribution in [-0.2, 0) is 25.7 Å². The Hall–Kier alpha value is -2.43. The van der Waals surface area contributed by atoms with Crippen molar-refractivity contribution in [1.29, 1.82) is 0 Å². The number of carbonyl (C=O) groups excluding carboxylic acids is 1. The van der Waals surface area contributed by atoms with E-state index in [2.05, 4.69) is 32.2 Å². The number of hydrogen-bond acceptors (Lipinski definition) is 7. The van der Waals surface area contributed by atoms with E-state index in [0.29, 0.717) is 24.4 Å². The van der Waals surface area contributed by atoms with Crippen LogP contribution in [0.25, 0.3) is 0 Å². The third-order valence-electron chi connectivity index (χ3n) is 5.91. The molecule has 3 aliphatic heterocycles. The molecule has 3 aliphatic rings. The second-order valence-electron chi connectivity index (χ2n) is 8.32. The van der Waals surface area contributed by atoms with E-state index in [1.165, 1.54) is 4.88 Å². The largest absolute Gasteiger partial charge is 0.490 e. The van der Waals surface area contributed by atoms with Crippen LogP contribution in [0.2, 0.25) is 0 Å². The quantitative estimate of drug-likeness (QED) is 0.526. The van der Waals surface area contributed by atoms with Crippen LogP contribution >= 0.6 is 11.3 Å². The Balaban J connectivity index is 0.000000286. The average molecular weight is 564 g/mol. The topological polar surface area (TPSA) is 111 Å². The summed E-state index contributed by atoms with van der Waals surface area (Å²) in [6.45, 7) is 7.65. The lowest BCUT2D eigenvalue weighted by Crippen LogP contribution is -2.44. The predicted molar refractivity (Wildman–Crippen MR) is 118 cm³/mol. The van der Waals surface area contributed by atoms with Crippen LogP contribution in [0, 0.1) is 0 Å². The predicted octanol–water partition coefficient (Wildman–Crippen LogP) is 2.52. The Morgan fingerprint density at radius 2 is 1.54 bits per heavy atom. The summed E-state index contributed by atoms with van der Waals surface area (Å²) in [5.41, 5.74) is 0. The molecule has 1 aromatic heterocycles. The van der Waals surface area contributed by atoms with Crippen molar-refractivity contribution in [3.63, 3.8) is 0 Å². The van der Waals surface area contributed by atoms with Gasteiger partial charge in [0.25, 0.3) is 0 Å². The van der Waals surface area contributed by atoms with Gasteiger partial charge in [0.1, 0.15) is 0 Å². The first-order valence-electron chi connectivity index (χ1n) is 11.2. The molecule has 9 nitrogen and oxygen atoms in total. The smallest absolute Gasteiger partial charge is 0.475 e. The van der Waals surface area contributed by atoms with Crippen molar-refractivity contribution in [2.75, 3.05) is 45.9 Å². The van der Waals surface area contributed by atoms with Crippen LogP contribution in [0.5, 0.6) is 0 Å². The lowest BCUT2D eigenvalue weighted by molar-refractivity contribution is -0.193. The fraction of sp³-hybridized carbons (Fsp3) is 0.667. The normalized spacial score (nSPS) is 22.5. The van der Waals surface area contributed by atoms with E-state index in [1.54, 1.807) is 0 Å². The minimum Gasteiger partial charge on any atom is -0.475 e. The van der Waals surface area contributed by atoms with Crippen LogP contribution in [0.1, 0.15) is 17.7 Å². The van der Waals surface area contributed by atoms with Gasteiger partial charge >= 0.3 is 24.3 Å². The van der Waals surface area contributed by atoms with E-state index in [-0.39, 0.29) is 0 Å². The minimum atomic E-state index is -5.08. The highest BCUT2D eigenvalue weighted by atomic mass is 32.1. The zero-order chi connectivity index (χ0) is 27.8. The molecule has 1 aromatic rings. The molecule has 0 radical (unpaired) electrons. The molecule has 37 heavy (non-hydrogen) atoms. The van der Waals surface area contributed by atoms with Crippen molar-refractivity contribution in [3.8, 4) is 0 Å². The molecule has 0 bridgehead atoms. The number of thiophene rings is 1. The number of carboxylic acids is 2. The Morgan fingerprint density at radius 1 is 0.973 bits per heavy atom. The van der Waals surface area contributed by atoms with E-state index in [1.807, 2.05) is 11.3 Å². The lowest BCUT2D eigenvalue weighted by atomic mass is 10.1. The number of carbonyl (C=O) groups is 3. The number of rotatable bonds is 5. The van der Waals surface area contributed by atoms with Crippen LogP contribution in [0.15, 0.2) is 17.5 Å². The number of hydrogen-bond donors (Lipinski definition) is 2. The van der Waals surface area contributed by atoms with Gasteiger partial charge in [0.15, 0.2) is 0 Å². The molecule has 3 saturated heterocycles. The molecule has 0 unspecified atom stereocenters. The second-order valence-corrected chi connectivity index (χ2v) is 9.36. The van der Waals surface area contributed by atoms with E-state index in [0.717, 1.165) is 58.9 Å². The van der Waals surface area contributed by atoms with Gasteiger partial charge in [-0.05, 0) is 17.9 Å². The first-order valence-corrected chi connectivity index (χ1v) is 12.0. The number of likely N-dealkylation sites (tertiary alicyclic amines) is 2. The number of morpholine rings is 1. The first kappa shape index (κ1) is 30.8. The Labute approximate surface area is 212 Å². The molecule has 0 aliphatic carbocycles. The fourth-order valence-electron chi connectivity index (χ4n) is 4.17. The molecule has 0 saturated carbocycles. The highest BCUT2D eigenvalue weighted by Gasteiger charge is 2.46. The number of ether oxygens (including phenoxy) is 1. The molecule has 4 heterocycles. The highest BCUT2D eigenvalue weighted by Crippen LogP contribution is 2.33. The number of aliphatic carboxylic acids is 2. The van der Waals surface area contributed by atoms with Gasteiger partial charge in [-0.1, -0.05) is 6.07 Å². The molecule has 0 spiro atoms. The summed E-state index contributed by atoms with van der Waals surface area (Å²) in [5, 5.41) is 16.4. The molecule has 16 heteroatoms. The van der Waals surface area contributed by atoms with Gasteiger partial charge in [0.05, 0.1) is 13.2 Å². The number of alkyl halides is 6. The molecule has 3 fully saturated rings. The third-order valence-corrected chi connectivity index (χ3v) is 6.78. The van der Waals surface area contributed by atoms with E-state index < -0.39 is 24.3 Å². The Bertz CT molecular complexity index is 868. The molecule has 210 valence electrons. The van der Waals surface area contributed by atoms with Crippen molar-refractivity contribution >= 4 is 29.2 Å². The maximum Gasteiger partial charge on any atom is 0.490 e. The molecule has 4 rings (SSSR count). The monoisotopic (exact) mass is 563 g/mol. The fourth-order valence-corrected chi connectivity index (χ4v) is 4.90. The molecule has 2 N–H and O–H groups in total. The molecular formula is C21H27F6N3O6S. The van der Waals surface area contributed by atoms with Crippen LogP contribution < -0.4 is 0 Å². The summed E-state index contributed by atoms with van der Waals surface area (Å²) in [6, 6.07) is 5.17. The summed E-state index contributed by atoms with van der Waals surface area (Å²) >= 11 is 1.82. The van der Waals surface area contributed by atoms with Crippen LogP contribution in [0.3, 0.4) is 0 Å². The van der Waals surface area contributed by atoms with Crippen molar-refractivity contribution in [2.45, 2.75) is 43.8 Å². The summed E-state index contributed by atoms with van der Waals surface area (Å²) in [6.07, 6.45) is -8.33. The summed E-state index contributed by atoms with van der Waals surface area (Å²) < 4.78 is 68.9. The zero-order valence-corrected chi connectivity index (χ0v) is 20.3. The summed E-state index contributed by atoms with van der Waals surface area (Å²) in [5.74, 6) is -5.16. The minimum absolute atomic E-state index is 0.351. The zero-order valence-electron chi connectivity index (χ0n) is 19.5. The number of halogens is 6. The van der Waals surface area contributed by atoms with Gasteiger partial charge in [-0.3, -0.25) is 14.6 Å². The maximum atomic E-state index is 12.5. The number of fused-ring (bicyclic) bond motifs is 1. The Kier molecular flexibility index (Phi) is 11.1. The lowest BCUT2D eigenvalue weighted by Gasteiger charge is -2.30. The van der Waals surface area contributed by atoms with Crippen LogP contribution in [-0.4, -0.2) is 113 Å². The highest BCUT2D eigenvalue weighted by molar-refractivity contribution is 7.09. The maximum absolute atomic E-state index is 12.5. The van der Waals surface area contributed by atoms with E-state index in [9.17, 15) is 31.1 Å². The van der Waals surface area contributed by atoms with Crippen molar-refractivity contribution in [3.05, 3.63) is 22.4 Å². The van der Waals surface area contributed by atoms with Crippen molar-refractivity contribution < 1.29 is 55.7 Å². The molecular weight excluding hydrogens is 536 g/mol. The van der Waals surface area contributed by atoms with E-state index in [4.69, 9.17) is 24.5 Å². The van der Waals surface area contributed by atoms with E-state index >= 15 is 0 Å². The molecule has 0 aromatic carbocycles. The molecule has 2 atom stereocenters. The van der Waals surface area contributed by atoms with Gasteiger partial charge in [-0.25, -0.2) is 9.59 Å². The number of nitrogens with zero attached hydrogens (tertiary/aromatic N) is 3. The number of carboxylic acid groups (broad SMARTS) is 2. The van der Waals surface area contributed by atoms with Gasteiger partial charge in [-0.15, -0.1) is 11.3 Å².